The Kier molecular flexibility index (Phi) is 2.13. The van der Waals surface area contributed by atoms with Gasteiger partial charge < -0.3 is 4.74 Å². The number of ether oxygens (including phenoxy) is 1. The average Bonchev–Trinajstić information content (AvgIpc) is 2.23. The summed E-state index contributed by atoms with van der Waals surface area (Å²) in [5.74, 6) is 1.07. The number of esters is 1. The first-order valence-corrected chi connectivity index (χ1v) is 6.33. The van der Waals surface area contributed by atoms with Crippen LogP contribution in [0.4, 0.5) is 0 Å². The minimum atomic E-state index is -0.127. The highest BCUT2D eigenvalue weighted by molar-refractivity contribution is 5.90. The van der Waals surface area contributed by atoms with E-state index in [9.17, 15) is 9.59 Å². The summed E-state index contributed by atoms with van der Waals surface area (Å²) in [6, 6.07) is 0. The van der Waals surface area contributed by atoms with Gasteiger partial charge in [0, 0.05) is 24.2 Å². The molecule has 16 heavy (non-hydrogen) atoms. The Labute approximate surface area is 95.5 Å². The molecule has 3 nitrogen and oxygen atoms in total. The highest BCUT2D eigenvalue weighted by atomic mass is 16.5. The molecule has 0 amide bonds. The smallest absolute Gasteiger partial charge is 0.309 e. The van der Waals surface area contributed by atoms with Gasteiger partial charge in [0.25, 0.3) is 0 Å². The molecule has 0 aromatic heterocycles. The van der Waals surface area contributed by atoms with Crippen LogP contribution >= 0.6 is 0 Å². The molecule has 3 heteroatoms. The van der Waals surface area contributed by atoms with Gasteiger partial charge in [0.05, 0.1) is 5.92 Å². The number of Topliss-reactive ketones (excluding diaryl/α,β-unsaturated/α-hetero) is 1. The SMILES string of the molecule is C[C@@H]1CC(=O)[C@H]2[C@H]3[C@@H]1OC(=O)[C@@H]2CC[C@@H]3C. The van der Waals surface area contributed by atoms with E-state index in [1.807, 2.05) is 6.92 Å². The Balaban J connectivity index is 2.03. The van der Waals surface area contributed by atoms with Crippen LogP contribution in [0.3, 0.4) is 0 Å². The van der Waals surface area contributed by atoms with Gasteiger partial charge in [-0.3, -0.25) is 9.59 Å². The molecule has 6 atom stereocenters. The molecule has 2 aliphatic carbocycles. The van der Waals surface area contributed by atoms with Crippen LogP contribution in [0, 0.1) is 29.6 Å². The average molecular weight is 222 g/mol. The third-order valence-electron chi connectivity index (χ3n) is 4.83. The molecule has 3 rings (SSSR count). The maximum atomic E-state index is 12.1. The monoisotopic (exact) mass is 222 g/mol. The molecule has 0 unspecified atom stereocenters. The minimum Gasteiger partial charge on any atom is -0.462 e. The summed E-state index contributed by atoms with van der Waals surface area (Å²) in [7, 11) is 0. The van der Waals surface area contributed by atoms with Crippen molar-refractivity contribution in [1.29, 1.82) is 0 Å². The first kappa shape index (κ1) is 10.3. The van der Waals surface area contributed by atoms with Crippen molar-refractivity contribution in [3.05, 3.63) is 0 Å². The Morgan fingerprint density at radius 3 is 2.62 bits per heavy atom. The van der Waals surface area contributed by atoms with Crippen molar-refractivity contribution in [2.45, 2.75) is 39.2 Å². The Hall–Kier alpha value is -0.860. The van der Waals surface area contributed by atoms with Gasteiger partial charge in [-0.05, 0) is 18.8 Å². The molecule has 0 spiro atoms. The molecule has 4 bridgehead atoms. The summed E-state index contributed by atoms with van der Waals surface area (Å²) < 4.78 is 5.56. The third-order valence-corrected chi connectivity index (χ3v) is 4.83. The van der Waals surface area contributed by atoms with Crippen molar-refractivity contribution >= 4 is 11.8 Å². The number of carbonyl (C=O) groups is 2. The molecule has 1 aliphatic heterocycles. The summed E-state index contributed by atoms with van der Waals surface area (Å²) in [6.07, 6.45) is 2.51. The van der Waals surface area contributed by atoms with Crippen LogP contribution in [-0.2, 0) is 14.3 Å². The molecule has 0 aromatic carbocycles. The summed E-state index contributed by atoms with van der Waals surface area (Å²) in [5, 5.41) is 0. The van der Waals surface area contributed by atoms with Crippen molar-refractivity contribution < 1.29 is 14.3 Å². The predicted octanol–water partition coefficient (Wildman–Crippen LogP) is 1.80. The fraction of sp³-hybridized carbons (Fsp3) is 0.846. The number of hydrogen-bond acceptors (Lipinski definition) is 3. The Morgan fingerprint density at radius 2 is 1.88 bits per heavy atom. The second kappa shape index (κ2) is 3.31. The van der Waals surface area contributed by atoms with Gasteiger partial charge in [0.1, 0.15) is 11.9 Å². The topological polar surface area (TPSA) is 43.4 Å². The van der Waals surface area contributed by atoms with E-state index in [1.165, 1.54) is 0 Å². The van der Waals surface area contributed by atoms with Gasteiger partial charge in [0.2, 0.25) is 0 Å². The van der Waals surface area contributed by atoms with Crippen LogP contribution in [0.25, 0.3) is 0 Å². The second-order valence-corrected chi connectivity index (χ2v) is 5.81. The van der Waals surface area contributed by atoms with Crippen LogP contribution in [0.15, 0.2) is 0 Å². The van der Waals surface area contributed by atoms with Gasteiger partial charge in [-0.1, -0.05) is 13.8 Å². The molecule has 0 N–H and O–H groups in total. The summed E-state index contributed by atoms with van der Waals surface area (Å²) in [5.41, 5.74) is 0. The maximum absolute atomic E-state index is 12.1. The van der Waals surface area contributed by atoms with Crippen molar-refractivity contribution in [1.82, 2.24) is 0 Å². The molecule has 3 aliphatic rings. The van der Waals surface area contributed by atoms with E-state index < -0.39 is 0 Å². The van der Waals surface area contributed by atoms with Crippen LogP contribution in [-0.4, -0.2) is 17.9 Å². The zero-order chi connectivity index (χ0) is 11.4. The van der Waals surface area contributed by atoms with Crippen LogP contribution in [0.2, 0.25) is 0 Å². The Bertz CT molecular complexity index is 349. The van der Waals surface area contributed by atoms with Gasteiger partial charge in [-0.2, -0.15) is 0 Å². The molecule has 2 saturated carbocycles. The number of carbonyl (C=O) groups excluding carboxylic acids is 2. The van der Waals surface area contributed by atoms with Gasteiger partial charge >= 0.3 is 5.97 Å². The van der Waals surface area contributed by atoms with Gasteiger partial charge in [0.15, 0.2) is 0 Å². The van der Waals surface area contributed by atoms with Crippen LogP contribution in [0.1, 0.15) is 33.1 Å². The quantitative estimate of drug-likeness (QED) is 0.587. The second-order valence-electron chi connectivity index (χ2n) is 5.81. The van der Waals surface area contributed by atoms with E-state index in [1.54, 1.807) is 0 Å². The normalized spacial score (nSPS) is 51.1. The van der Waals surface area contributed by atoms with Crippen molar-refractivity contribution in [3.63, 3.8) is 0 Å². The fourth-order valence-electron chi connectivity index (χ4n) is 4.03. The number of ketones is 1. The van der Waals surface area contributed by atoms with Gasteiger partial charge in [-0.25, -0.2) is 0 Å². The third kappa shape index (κ3) is 1.20. The first-order valence-electron chi connectivity index (χ1n) is 6.33. The van der Waals surface area contributed by atoms with E-state index in [-0.39, 0.29) is 29.8 Å². The highest BCUT2D eigenvalue weighted by Crippen LogP contribution is 2.51. The van der Waals surface area contributed by atoms with E-state index >= 15 is 0 Å². The predicted molar refractivity (Wildman–Crippen MR) is 57.5 cm³/mol. The van der Waals surface area contributed by atoms with E-state index in [2.05, 4.69) is 6.92 Å². The van der Waals surface area contributed by atoms with Gasteiger partial charge in [-0.15, -0.1) is 0 Å². The van der Waals surface area contributed by atoms with E-state index in [4.69, 9.17) is 4.74 Å². The lowest BCUT2D eigenvalue weighted by Gasteiger charge is -2.52. The minimum absolute atomic E-state index is 0.00162. The maximum Gasteiger partial charge on any atom is 0.309 e. The van der Waals surface area contributed by atoms with Crippen molar-refractivity contribution in [2.24, 2.45) is 29.6 Å². The lowest BCUT2D eigenvalue weighted by atomic mass is 9.56. The largest absolute Gasteiger partial charge is 0.462 e. The van der Waals surface area contributed by atoms with E-state index in [0.717, 1.165) is 12.8 Å². The first-order chi connectivity index (χ1) is 7.59. The zero-order valence-electron chi connectivity index (χ0n) is 9.81. The van der Waals surface area contributed by atoms with Crippen molar-refractivity contribution in [2.75, 3.05) is 0 Å². The molecule has 1 heterocycles. The number of hydrogen-bond donors (Lipinski definition) is 0. The van der Waals surface area contributed by atoms with E-state index in [0.29, 0.717) is 24.0 Å². The molecule has 3 fully saturated rings. The molecule has 0 aromatic rings. The van der Waals surface area contributed by atoms with Crippen LogP contribution in [0.5, 0.6) is 0 Å². The standard InChI is InChI=1S/C13H18O3/c1-6-3-4-8-11-9(14)5-7(2)12(10(6)11)16-13(8)15/h6-8,10-12H,3-5H2,1-2H3/t6-,7+,8+,10-,11-,12+/m0/s1. The Morgan fingerprint density at radius 1 is 1.12 bits per heavy atom. The fourth-order valence-corrected chi connectivity index (χ4v) is 4.03. The summed E-state index contributed by atoms with van der Waals surface area (Å²) in [6.45, 7) is 4.24. The molecule has 1 saturated heterocycles. The molecular weight excluding hydrogens is 204 g/mol. The molecule has 0 radical (unpaired) electrons. The lowest BCUT2D eigenvalue weighted by molar-refractivity contribution is -0.198. The lowest BCUT2D eigenvalue weighted by Crippen LogP contribution is -2.59. The molecule has 88 valence electrons. The highest BCUT2D eigenvalue weighted by Gasteiger charge is 2.57. The zero-order valence-corrected chi connectivity index (χ0v) is 9.81. The van der Waals surface area contributed by atoms with Crippen LogP contribution < -0.4 is 0 Å². The number of rotatable bonds is 0. The summed E-state index contributed by atoms with van der Waals surface area (Å²) in [4.78, 5) is 24.0. The molecular formula is C13H18O3. The summed E-state index contributed by atoms with van der Waals surface area (Å²) >= 11 is 0. The van der Waals surface area contributed by atoms with Crippen molar-refractivity contribution in [3.8, 4) is 0 Å².